The first-order valence-corrected chi connectivity index (χ1v) is 7.34. The molecule has 0 atom stereocenters. The van der Waals surface area contributed by atoms with Crippen LogP contribution in [0.25, 0.3) is 0 Å². The van der Waals surface area contributed by atoms with E-state index in [1.54, 1.807) is 12.1 Å². The van der Waals surface area contributed by atoms with E-state index in [0.717, 1.165) is 14.5 Å². The van der Waals surface area contributed by atoms with Crippen molar-refractivity contribution in [2.75, 3.05) is 0 Å². The highest BCUT2D eigenvalue weighted by molar-refractivity contribution is 9.10. The maximum Gasteiger partial charge on any atom is 0.173 e. The number of benzene rings is 2. The predicted molar refractivity (Wildman–Crippen MR) is 85.1 cm³/mol. The molecule has 0 aliphatic heterocycles. The molecule has 2 rings (SSSR count). The van der Waals surface area contributed by atoms with Crippen molar-refractivity contribution in [3.8, 4) is 5.75 Å². The highest BCUT2D eigenvalue weighted by Gasteiger charge is 2.10. The Balaban J connectivity index is 2.24. The number of halogens is 2. The molecule has 2 aromatic carbocycles. The van der Waals surface area contributed by atoms with Gasteiger partial charge >= 0.3 is 0 Å². The molecule has 0 aliphatic carbocycles. The molecule has 0 unspecified atom stereocenters. The zero-order valence-electron chi connectivity index (χ0n) is 10.4. The van der Waals surface area contributed by atoms with Crippen LogP contribution in [0.3, 0.4) is 0 Å². The van der Waals surface area contributed by atoms with Gasteiger partial charge in [-0.2, -0.15) is 0 Å². The lowest BCUT2D eigenvalue weighted by Gasteiger charge is -2.12. The molecule has 0 saturated heterocycles. The Morgan fingerprint density at radius 1 is 1.20 bits per heavy atom. The lowest BCUT2D eigenvalue weighted by molar-refractivity contribution is 0.302. The minimum Gasteiger partial charge on any atom is -0.488 e. The highest BCUT2D eigenvalue weighted by Crippen LogP contribution is 2.25. The largest absolute Gasteiger partial charge is 0.488 e. The van der Waals surface area contributed by atoms with Crippen molar-refractivity contribution in [1.29, 1.82) is 0 Å². The molecule has 0 aliphatic rings. The molecule has 0 radical (unpaired) electrons. The maximum atomic E-state index is 8.82. The first kappa shape index (κ1) is 14.9. The normalized spacial score (nSPS) is 11.4. The molecule has 0 heterocycles. The van der Waals surface area contributed by atoms with Gasteiger partial charge in [0.2, 0.25) is 0 Å². The maximum absolute atomic E-state index is 8.82. The molecule has 3 N–H and O–H groups in total. The molecule has 0 spiro atoms. The Bertz CT molecular complexity index is 645. The molecule has 2 aromatic rings. The summed E-state index contributed by atoms with van der Waals surface area (Å²) in [6.45, 7) is 0.384. The van der Waals surface area contributed by atoms with Crippen LogP contribution in [0.5, 0.6) is 5.75 Å². The van der Waals surface area contributed by atoms with Crippen LogP contribution >= 0.6 is 31.9 Å². The van der Waals surface area contributed by atoms with Crippen molar-refractivity contribution in [3.63, 3.8) is 0 Å². The molecule has 6 heteroatoms. The van der Waals surface area contributed by atoms with Gasteiger partial charge in [0.05, 0.1) is 5.56 Å². The van der Waals surface area contributed by atoms with Gasteiger partial charge in [-0.3, -0.25) is 0 Å². The predicted octanol–water partition coefficient (Wildman–Crippen LogP) is 3.89. The van der Waals surface area contributed by atoms with Crippen molar-refractivity contribution in [1.82, 2.24) is 0 Å². The Morgan fingerprint density at radius 3 is 2.65 bits per heavy atom. The number of ether oxygens (including phenoxy) is 1. The van der Waals surface area contributed by atoms with E-state index in [2.05, 4.69) is 37.0 Å². The van der Waals surface area contributed by atoms with Crippen LogP contribution < -0.4 is 10.5 Å². The van der Waals surface area contributed by atoms with Crippen molar-refractivity contribution < 1.29 is 9.94 Å². The Labute approximate surface area is 133 Å². The first-order valence-electron chi connectivity index (χ1n) is 5.75. The van der Waals surface area contributed by atoms with Crippen molar-refractivity contribution in [3.05, 3.63) is 62.5 Å². The highest BCUT2D eigenvalue weighted by atomic mass is 79.9. The molecule has 4 nitrogen and oxygen atoms in total. The van der Waals surface area contributed by atoms with Gasteiger partial charge in [-0.05, 0) is 24.3 Å². The number of rotatable bonds is 4. The summed E-state index contributed by atoms with van der Waals surface area (Å²) < 4.78 is 7.56. The molecule has 0 amide bonds. The molecule has 0 fully saturated rings. The van der Waals surface area contributed by atoms with Gasteiger partial charge in [-0.15, -0.1) is 0 Å². The first-order chi connectivity index (χ1) is 9.61. The topological polar surface area (TPSA) is 67.8 Å². The van der Waals surface area contributed by atoms with Crippen molar-refractivity contribution in [2.24, 2.45) is 10.9 Å². The molecule has 104 valence electrons. The minimum absolute atomic E-state index is 0.00780. The summed E-state index contributed by atoms with van der Waals surface area (Å²) in [6, 6.07) is 13.1. The number of nitrogens with zero attached hydrogens (tertiary/aromatic N) is 1. The average Bonchev–Trinajstić information content (AvgIpc) is 2.46. The number of amidine groups is 1. The summed E-state index contributed by atoms with van der Waals surface area (Å²) in [4.78, 5) is 0. The van der Waals surface area contributed by atoms with Crippen LogP contribution in [-0.4, -0.2) is 11.0 Å². The number of oxime groups is 1. The van der Waals surface area contributed by atoms with Gasteiger partial charge in [0.1, 0.15) is 12.4 Å². The van der Waals surface area contributed by atoms with Crippen molar-refractivity contribution >= 4 is 37.7 Å². The summed E-state index contributed by atoms with van der Waals surface area (Å²) in [6.07, 6.45) is 0. The van der Waals surface area contributed by atoms with E-state index in [-0.39, 0.29) is 5.84 Å². The quantitative estimate of drug-likeness (QED) is 0.354. The number of hydrogen-bond acceptors (Lipinski definition) is 3. The van der Waals surface area contributed by atoms with Gasteiger partial charge in [-0.1, -0.05) is 55.2 Å². The van der Waals surface area contributed by atoms with E-state index in [4.69, 9.17) is 15.7 Å². The molecular weight excluding hydrogens is 388 g/mol. The second kappa shape index (κ2) is 6.76. The lowest BCUT2D eigenvalue weighted by atomic mass is 10.2. The SMILES string of the molecule is N/C(=N/O)c1cc(Br)ccc1OCc1ccccc1Br. The number of hydrogen-bond donors (Lipinski definition) is 2. The van der Waals surface area contributed by atoms with E-state index < -0.39 is 0 Å². The van der Waals surface area contributed by atoms with E-state index in [1.165, 1.54) is 0 Å². The van der Waals surface area contributed by atoms with E-state index >= 15 is 0 Å². The van der Waals surface area contributed by atoms with Crippen LogP contribution in [-0.2, 0) is 6.61 Å². The van der Waals surface area contributed by atoms with Crippen LogP contribution in [0.1, 0.15) is 11.1 Å². The molecule has 0 saturated carbocycles. The fraction of sp³-hybridized carbons (Fsp3) is 0.0714. The summed E-state index contributed by atoms with van der Waals surface area (Å²) in [5, 5.41) is 11.8. The van der Waals surface area contributed by atoms with Crippen LogP contribution in [0, 0.1) is 0 Å². The van der Waals surface area contributed by atoms with Gasteiger partial charge in [0.25, 0.3) is 0 Å². The lowest BCUT2D eigenvalue weighted by Crippen LogP contribution is -2.15. The summed E-state index contributed by atoms with van der Waals surface area (Å²) in [5.41, 5.74) is 7.20. The van der Waals surface area contributed by atoms with Crippen LogP contribution in [0.2, 0.25) is 0 Å². The summed E-state index contributed by atoms with van der Waals surface area (Å²) in [7, 11) is 0. The smallest absolute Gasteiger partial charge is 0.173 e. The van der Waals surface area contributed by atoms with E-state index in [1.807, 2.05) is 30.3 Å². The summed E-state index contributed by atoms with van der Waals surface area (Å²) >= 11 is 6.81. The average molecular weight is 400 g/mol. The number of nitrogens with two attached hydrogens (primary N) is 1. The molecule has 20 heavy (non-hydrogen) atoms. The minimum atomic E-state index is 0.00780. The Kier molecular flexibility index (Phi) is 5.03. The summed E-state index contributed by atoms with van der Waals surface area (Å²) in [5.74, 6) is 0.563. The van der Waals surface area contributed by atoms with Crippen LogP contribution in [0.4, 0.5) is 0 Å². The zero-order chi connectivity index (χ0) is 14.5. The third-order valence-corrected chi connectivity index (χ3v) is 3.93. The third kappa shape index (κ3) is 3.52. The van der Waals surface area contributed by atoms with Gasteiger partial charge < -0.3 is 15.7 Å². The second-order valence-corrected chi connectivity index (χ2v) is 5.78. The zero-order valence-corrected chi connectivity index (χ0v) is 13.6. The van der Waals surface area contributed by atoms with Crippen molar-refractivity contribution in [2.45, 2.75) is 6.61 Å². The fourth-order valence-electron chi connectivity index (χ4n) is 1.65. The standard InChI is InChI=1S/C14H12Br2N2O2/c15-10-5-6-13(11(7-10)14(17)18-19)20-8-9-3-1-2-4-12(9)16/h1-7,19H,8H2,(H2,17,18). The van der Waals surface area contributed by atoms with E-state index in [9.17, 15) is 0 Å². The fourth-order valence-corrected chi connectivity index (χ4v) is 2.41. The van der Waals surface area contributed by atoms with Gasteiger partial charge in [0.15, 0.2) is 5.84 Å². The monoisotopic (exact) mass is 398 g/mol. The molecular formula is C14H12Br2N2O2. The second-order valence-electron chi connectivity index (χ2n) is 4.01. The van der Waals surface area contributed by atoms with Gasteiger partial charge in [-0.25, -0.2) is 0 Å². The molecule has 0 bridgehead atoms. The van der Waals surface area contributed by atoms with Crippen LogP contribution in [0.15, 0.2) is 56.6 Å². The Morgan fingerprint density at radius 2 is 1.95 bits per heavy atom. The third-order valence-electron chi connectivity index (χ3n) is 2.67. The van der Waals surface area contributed by atoms with Gasteiger partial charge in [0, 0.05) is 14.5 Å². The molecule has 0 aromatic heterocycles. The Hall–Kier alpha value is -1.53. The van der Waals surface area contributed by atoms with E-state index in [0.29, 0.717) is 17.9 Å².